The predicted octanol–water partition coefficient (Wildman–Crippen LogP) is 2.50. The maximum absolute atomic E-state index is 12.8. The number of halogens is 2. The standard InChI is InChI=1S/C15H22ClN3O5S.ClH/c1-11-14(16)9-13(10-15(11)19(20)21)25(22,23)18-6-3-12(4-7-18)24-8-2-5-17;/h9-10,12H,2-8,17H2,1H3;1H. The van der Waals surface area contributed by atoms with E-state index in [0.29, 0.717) is 39.1 Å². The SMILES string of the molecule is Cc1c(Cl)cc(S(=O)(=O)N2CCC(OCCCN)CC2)cc1[N+](=O)[O-].Cl. The average molecular weight is 428 g/mol. The molecule has 0 atom stereocenters. The first kappa shape index (κ1) is 23.1. The first-order chi connectivity index (χ1) is 11.8. The van der Waals surface area contributed by atoms with Crippen LogP contribution in [0.5, 0.6) is 0 Å². The van der Waals surface area contributed by atoms with Crippen LogP contribution in [0.4, 0.5) is 5.69 Å². The van der Waals surface area contributed by atoms with Crippen LogP contribution in [0.2, 0.25) is 5.02 Å². The zero-order valence-electron chi connectivity index (χ0n) is 14.4. The minimum Gasteiger partial charge on any atom is -0.378 e. The minimum absolute atomic E-state index is 0. The smallest absolute Gasteiger partial charge is 0.275 e. The van der Waals surface area contributed by atoms with Gasteiger partial charge in [-0.3, -0.25) is 10.1 Å². The number of nitro benzene ring substituents is 1. The molecule has 1 aromatic rings. The van der Waals surface area contributed by atoms with Crippen LogP contribution in [0.1, 0.15) is 24.8 Å². The van der Waals surface area contributed by atoms with Crippen molar-refractivity contribution >= 4 is 39.7 Å². The van der Waals surface area contributed by atoms with Gasteiger partial charge in [0.2, 0.25) is 10.0 Å². The number of rotatable bonds is 7. The van der Waals surface area contributed by atoms with E-state index >= 15 is 0 Å². The van der Waals surface area contributed by atoms with Crippen molar-refractivity contribution in [2.75, 3.05) is 26.2 Å². The van der Waals surface area contributed by atoms with Crippen molar-refractivity contribution in [3.63, 3.8) is 0 Å². The van der Waals surface area contributed by atoms with Crippen LogP contribution in [-0.2, 0) is 14.8 Å². The normalized spacial score (nSPS) is 16.3. The minimum atomic E-state index is -3.84. The fourth-order valence-electron chi connectivity index (χ4n) is 2.70. The van der Waals surface area contributed by atoms with Crippen LogP contribution < -0.4 is 5.73 Å². The molecule has 1 aromatic carbocycles. The first-order valence-corrected chi connectivity index (χ1v) is 9.85. The number of benzene rings is 1. The summed E-state index contributed by atoms with van der Waals surface area (Å²) in [5.74, 6) is 0. The number of sulfonamides is 1. The van der Waals surface area contributed by atoms with Crippen LogP contribution >= 0.6 is 24.0 Å². The van der Waals surface area contributed by atoms with Crippen LogP contribution in [0, 0.1) is 17.0 Å². The molecular weight excluding hydrogens is 405 g/mol. The molecule has 1 heterocycles. The molecule has 0 unspecified atom stereocenters. The first-order valence-electron chi connectivity index (χ1n) is 8.03. The summed E-state index contributed by atoms with van der Waals surface area (Å²) in [7, 11) is -3.84. The Morgan fingerprint density at radius 3 is 2.54 bits per heavy atom. The molecule has 2 rings (SSSR count). The van der Waals surface area contributed by atoms with Gasteiger partial charge >= 0.3 is 0 Å². The molecule has 1 fully saturated rings. The summed E-state index contributed by atoms with van der Waals surface area (Å²) < 4.78 is 32.5. The Morgan fingerprint density at radius 2 is 2.00 bits per heavy atom. The summed E-state index contributed by atoms with van der Waals surface area (Å²) in [5.41, 5.74) is 5.37. The molecule has 1 saturated heterocycles. The third kappa shape index (κ3) is 5.28. The van der Waals surface area contributed by atoms with Gasteiger partial charge in [-0.25, -0.2) is 8.42 Å². The third-order valence-electron chi connectivity index (χ3n) is 4.23. The van der Waals surface area contributed by atoms with Gasteiger partial charge < -0.3 is 10.5 Å². The molecule has 26 heavy (non-hydrogen) atoms. The van der Waals surface area contributed by atoms with Gasteiger partial charge in [0, 0.05) is 31.3 Å². The number of hydrogen-bond donors (Lipinski definition) is 1. The quantitative estimate of drug-likeness (QED) is 0.405. The highest BCUT2D eigenvalue weighted by Crippen LogP contribution is 2.31. The zero-order chi connectivity index (χ0) is 18.6. The monoisotopic (exact) mass is 427 g/mol. The van der Waals surface area contributed by atoms with Gasteiger partial charge in [-0.05, 0) is 38.8 Å². The second-order valence-electron chi connectivity index (χ2n) is 5.92. The van der Waals surface area contributed by atoms with Gasteiger partial charge in [-0.15, -0.1) is 12.4 Å². The Kier molecular flexibility index (Phi) is 8.71. The van der Waals surface area contributed by atoms with Crippen molar-refractivity contribution < 1.29 is 18.1 Å². The molecular formula is C15H23Cl2N3O5S. The van der Waals surface area contributed by atoms with E-state index in [9.17, 15) is 18.5 Å². The molecule has 11 heteroatoms. The number of hydrogen-bond acceptors (Lipinski definition) is 6. The molecule has 2 N–H and O–H groups in total. The Labute approximate surface area is 164 Å². The molecule has 0 amide bonds. The van der Waals surface area contributed by atoms with E-state index < -0.39 is 14.9 Å². The lowest BCUT2D eigenvalue weighted by atomic mass is 10.1. The van der Waals surface area contributed by atoms with E-state index in [1.807, 2.05) is 0 Å². The summed E-state index contributed by atoms with van der Waals surface area (Å²) >= 11 is 5.98. The third-order valence-corrected chi connectivity index (χ3v) is 6.50. The Bertz CT molecular complexity index is 737. The molecule has 1 aliphatic rings. The molecule has 148 valence electrons. The van der Waals surface area contributed by atoms with E-state index in [1.165, 1.54) is 17.3 Å². The molecule has 0 saturated carbocycles. The number of nitrogens with two attached hydrogens (primary N) is 1. The summed E-state index contributed by atoms with van der Waals surface area (Å²) in [5, 5.41) is 11.2. The highest BCUT2D eigenvalue weighted by molar-refractivity contribution is 7.89. The molecule has 8 nitrogen and oxygen atoms in total. The van der Waals surface area contributed by atoms with E-state index in [4.69, 9.17) is 22.1 Å². The highest BCUT2D eigenvalue weighted by atomic mass is 35.5. The Morgan fingerprint density at radius 1 is 1.38 bits per heavy atom. The highest BCUT2D eigenvalue weighted by Gasteiger charge is 2.31. The van der Waals surface area contributed by atoms with Crippen molar-refractivity contribution in [2.24, 2.45) is 5.73 Å². The second kappa shape index (κ2) is 9.82. The molecule has 0 bridgehead atoms. The van der Waals surface area contributed by atoms with Crippen molar-refractivity contribution in [1.82, 2.24) is 4.31 Å². The van der Waals surface area contributed by atoms with Gasteiger partial charge in [-0.1, -0.05) is 11.6 Å². The molecule has 0 aliphatic carbocycles. The topological polar surface area (TPSA) is 116 Å². The van der Waals surface area contributed by atoms with Crippen molar-refractivity contribution in [1.29, 1.82) is 0 Å². The van der Waals surface area contributed by atoms with Gasteiger partial charge in [0.1, 0.15) is 0 Å². The Hall–Kier alpha value is -0.970. The lowest BCUT2D eigenvalue weighted by Gasteiger charge is -2.31. The fraction of sp³-hybridized carbons (Fsp3) is 0.600. The summed E-state index contributed by atoms with van der Waals surface area (Å²) in [6, 6.07) is 2.34. The van der Waals surface area contributed by atoms with Gasteiger partial charge in [0.05, 0.1) is 20.9 Å². The van der Waals surface area contributed by atoms with E-state index in [2.05, 4.69) is 0 Å². The number of nitro groups is 1. The van der Waals surface area contributed by atoms with Gasteiger partial charge in [-0.2, -0.15) is 4.31 Å². The largest absolute Gasteiger partial charge is 0.378 e. The van der Waals surface area contributed by atoms with Crippen LogP contribution in [0.3, 0.4) is 0 Å². The van der Waals surface area contributed by atoms with Crippen LogP contribution in [-0.4, -0.2) is 50.0 Å². The predicted molar refractivity (Wildman–Crippen MR) is 101 cm³/mol. The molecule has 0 aromatic heterocycles. The Balaban J connectivity index is 0.00000338. The average Bonchev–Trinajstić information content (AvgIpc) is 2.57. The molecule has 1 aliphatic heterocycles. The lowest BCUT2D eigenvalue weighted by molar-refractivity contribution is -0.385. The number of piperidine rings is 1. The van der Waals surface area contributed by atoms with E-state index in [0.717, 1.165) is 12.5 Å². The number of nitrogens with zero attached hydrogens (tertiary/aromatic N) is 2. The summed E-state index contributed by atoms with van der Waals surface area (Å²) in [4.78, 5) is 10.3. The fourth-order valence-corrected chi connectivity index (χ4v) is 4.50. The van der Waals surface area contributed by atoms with E-state index in [1.54, 1.807) is 0 Å². The second-order valence-corrected chi connectivity index (χ2v) is 8.27. The molecule has 0 spiro atoms. The summed E-state index contributed by atoms with van der Waals surface area (Å²) in [6.45, 7) is 3.21. The van der Waals surface area contributed by atoms with Crippen LogP contribution in [0.25, 0.3) is 0 Å². The maximum atomic E-state index is 12.8. The lowest BCUT2D eigenvalue weighted by Crippen LogP contribution is -2.41. The number of ether oxygens (including phenoxy) is 1. The van der Waals surface area contributed by atoms with Gasteiger partial charge in [0.15, 0.2) is 0 Å². The zero-order valence-corrected chi connectivity index (χ0v) is 16.8. The van der Waals surface area contributed by atoms with E-state index in [-0.39, 0.29) is 39.7 Å². The van der Waals surface area contributed by atoms with Crippen molar-refractivity contribution in [2.45, 2.75) is 37.2 Å². The van der Waals surface area contributed by atoms with Gasteiger partial charge in [0.25, 0.3) is 5.69 Å². The van der Waals surface area contributed by atoms with Crippen molar-refractivity contribution in [3.8, 4) is 0 Å². The van der Waals surface area contributed by atoms with Crippen molar-refractivity contribution in [3.05, 3.63) is 32.8 Å². The summed E-state index contributed by atoms with van der Waals surface area (Å²) in [6.07, 6.45) is 1.93. The maximum Gasteiger partial charge on any atom is 0.275 e. The molecule has 0 radical (unpaired) electrons. The van der Waals surface area contributed by atoms with Crippen LogP contribution in [0.15, 0.2) is 17.0 Å².